The second-order valence-corrected chi connectivity index (χ2v) is 5.76. The lowest BCUT2D eigenvalue weighted by atomic mass is 10.3. The van der Waals surface area contributed by atoms with Gasteiger partial charge in [0.15, 0.2) is 0 Å². The number of pyridine rings is 1. The van der Waals surface area contributed by atoms with Crippen molar-refractivity contribution in [2.24, 2.45) is 0 Å². The molecule has 106 valence electrons. The summed E-state index contributed by atoms with van der Waals surface area (Å²) >= 11 is 3.36. The van der Waals surface area contributed by atoms with Gasteiger partial charge in [0.25, 0.3) is 0 Å². The van der Waals surface area contributed by atoms with Gasteiger partial charge in [0.05, 0.1) is 0 Å². The number of hydrogen-bond acceptors (Lipinski definition) is 7. The smallest absolute Gasteiger partial charge is 0.239 e. The van der Waals surface area contributed by atoms with Gasteiger partial charge in [-0.1, -0.05) is 0 Å². The molecule has 0 unspecified atom stereocenters. The summed E-state index contributed by atoms with van der Waals surface area (Å²) in [4.78, 5) is 5.51. The third kappa shape index (κ3) is 2.68. The number of tetrazole rings is 1. The van der Waals surface area contributed by atoms with E-state index >= 15 is 0 Å². The maximum Gasteiger partial charge on any atom is 0.239 e. The van der Waals surface area contributed by atoms with Crippen LogP contribution in [0.2, 0.25) is 0 Å². The molecule has 21 heavy (non-hydrogen) atoms. The van der Waals surface area contributed by atoms with Crippen molar-refractivity contribution in [2.45, 2.75) is 25.3 Å². The highest BCUT2D eigenvalue weighted by Crippen LogP contribution is 2.38. The summed E-state index contributed by atoms with van der Waals surface area (Å²) in [6.45, 7) is 0.314. The van der Waals surface area contributed by atoms with E-state index in [2.05, 4.69) is 46.5 Å². The van der Waals surface area contributed by atoms with Crippen LogP contribution in [0.1, 0.15) is 30.5 Å². The number of hydrogen-bond donors (Lipinski definition) is 0. The molecule has 0 atom stereocenters. The fourth-order valence-corrected chi connectivity index (χ4v) is 2.27. The molecule has 0 aliphatic heterocycles. The van der Waals surface area contributed by atoms with Crippen molar-refractivity contribution in [3.8, 4) is 11.4 Å². The Morgan fingerprint density at radius 1 is 1.24 bits per heavy atom. The monoisotopic (exact) mass is 347 g/mol. The standard InChI is InChI=1S/C12H10BrN7O/c13-9-3-8(4-14-5-9)11-16-19-20(18-11)6-10-15-17-12(21-10)7-1-2-7/h3-5,7H,1-2,6H2. The molecule has 0 amide bonds. The summed E-state index contributed by atoms with van der Waals surface area (Å²) in [7, 11) is 0. The van der Waals surface area contributed by atoms with E-state index < -0.39 is 0 Å². The summed E-state index contributed by atoms with van der Waals surface area (Å²) in [5, 5.41) is 20.3. The van der Waals surface area contributed by atoms with Crippen LogP contribution >= 0.6 is 15.9 Å². The van der Waals surface area contributed by atoms with E-state index in [0.717, 1.165) is 22.9 Å². The van der Waals surface area contributed by atoms with Crippen LogP contribution in [0.3, 0.4) is 0 Å². The molecule has 3 aromatic heterocycles. The number of halogens is 1. The molecule has 9 heteroatoms. The number of aromatic nitrogens is 7. The van der Waals surface area contributed by atoms with Crippen LogP contribution < -0.4 is 0 Å². The van der Waals surface area contributed by atoms with Crippen LogP contribution in [0, 0.1) is 0 Å². The highest BCUT2D eigenvalue weighted by atomic mass is 79.9. The van der Waals surface area contributed by atoms with Crippen molar-refractivity contribution >= 4 is 15.9 Å². The maximum absolute atomic E-state index is 5.57. The average molecular weight is 348 g/mol. The minimum Gasteiger partial charge on any atom is -0.423 e. The average Bonchev–Trinajstić information content (AvgIpc) is 3.05. The Kier molecular flexibility index (Phi) is 2.99. The lowest BCUT2D eigenvalue weighted by Crippen LogP contribution is -2.04. The van der Waals surface area contributed by atoms with Crippen LogP contribution in [0.25, 0.3) is 11.4 Å². The van der Waals surface area contributed by atoms with Crippen molar-refractivity contribution in [1.29, 1.82) is 0 Å². The first kappa shape index (κ1) is 12.6. The van der Waals surface area contributed by atoms with Crippen LogP contribution in [-0.4, -0.2) is 35.4 Å². The first-order valence-corrected chi connectivity index (χ1v) is 7.28. The zero-order valence-corrected chi connectivity index (χ0v) is 12.4. The quantitative estimate of drug-likeness (QED) is 0.709. The van der Waals surface area contributed by atoms with Crippen molar-refractivity contribution in [2.75, 3.05) is 0 Å². The molecule has 0 radical (unpaired) electrons. The second-order valence-electron chi connectivity index (χ2n) is 4.84. The van der Waals surface area contributed by atoms with Crippen LogP contribution in [0.5, 0.6) is 0 Å². The zero-order chi connectivity index (χ0) is 14.2. The summed E-state index contributed by atoms with van der Waals surface area (Å²) in [6, 6.07) is 1.88. The van der Waals surface area contributed by atoms with E-state index in [1.54, 1.807) is 12.4 Å². The molecule has 8 nitrogen and oxygen atoms in total. The fraction of sp³-hybridized carbons (Fsp3) is 0.333. The second kappa shape index (κ2) is 4.99. The van der Waals surface area contributed by atoms with E-state index in [1.807, 2.05) is 6.07 Å². The fourth-order valence-electron chi connectivity index (χ4n) is 1.91. The molecule has 0 spiro atoms. The summed E-state index contributed by atoms with van der Waals surface area (Å²) in [6.07, 6.45) is 5.64. The van der Waals surface area contributed by atoms with Gasteiger partial charge in [0.1, 0.15) is 6.54 Å². The van der Waals surface area contributed by atoms with Crippen molar-refractivity contribution in [3.05, 3.63) is 34.7 Å². The normalized spacial score (nSPS) is 14.5. The molecule has 0 bridgehead atoms. The summed E-state index contributed by atoms with van der Waals surface area (Å²) in [5.74, 6) is 2.15. The molecule has 3 aromatic rings. The summed E-state index contributed by atoms with van der Waals surface area (Å²) in [5.41, 5.74) is 0.792. The Hall–Kier alpha value is -2.16. The molecule has 1 fully saturated rings. The molecule has 1 aliphatic carbocycles. The predicted octanol–water partition coefficient (Wildman–Crippen LogP) is 1.81. The van der Waals surface area contributed by atoms with Gasteiger partial charge in [0, 0.05) is 28.3 Å². The largest absolute Gasteiger partial charge is 0.423 e. The minimum absolute atomic E-state index is 0.314. The molecular weight excluding hydrogens is 338 g/mol. The first-order valence-electron chi connectivity index (χ1n) is 6.49. The SMILES string of the molecule is Brc1cncc(-c2nnn(Cc3nnc(C4CC4)o3)n2)c1. The van der Waals surface area contributed by atoms with Gasteiger partial charge >= 0.3 is 0 Å². The predicted molar refractivity (Wildman–Crippen MR) is 74.1 cm³/mol. The minimum atomic E-state index is 0.314. The van der Waals surface area contributed by atoms with Gasteiger partial charge in [-0.25, -0.2) is 0 Å². The molecule has 4 rings (SSSR count). The van der Waals surface area contributed by atoms with Gasteiger partial charge in [-0.2, -0.15) is 4.80 Å². The van der Waals surface area contributed by atoms with E-state index in [0.29, 0.717) is 30.1 Å². The Morgan fingerprint density at radius 2 is 2.14 bits per heavy atom. The zero-order valence-electron chi connectivity index (χ0n) is 10.8. The molecule has 1 saturated carbocycles. The summed E-state index contributed by atoms with van der Waals surface area (Å²) < 4.78 is 6.44. The van der Waals surface area contributed by atoms with Crippen molar-refractivity contribution in [1.82, 2.24) is 35.4 Å². The Morgan fingerprint density at radius 3 is 2.95 bits per heavy atom. The van der Waals surface area contributed by atoms with E-state index in [1.165, 1.54) is 4.80 Å². The number of nitrogens with zero attached hydrogens (tertiary/aromatic N) is 7. The topological polar surface area (TPSA) is 95.4 Å². The van der Waals surface area contributed by atoms with Crippen LogP contribution in [0.4, 0.5) is 0 Å². The molecule has 0 N–H and O–H groups in total. The van der Waals surface area contributed by atoms with Gasteiger partial charge in [-0.15, -0.1) is 20.4 Å². The molecule has 3 heterocycles. The van der Waals surface area contributed by atoms with Crippen molar-refractivity contribution in [3.63, 3.8) is 0 Å². The van der Waals surface area contributed by atoms with Gasteiger partial charge in [0.2, 0.25) is 17.6 Å². The molecule has 1 aliphatic rings. The Bertz CT molecular complexity index is 779. The maximum atomic E-state index is 5.57. The molecule has 0 saturated heterocycles. The lowest BCUT2D eigenvalue weighted by Gasteiger charge is -1.94. The van der Waals surface area contributed by atoms with Gasteiger partial charge < -0.3 is 4.42 Å². The lowest BCUT2D eigenvalue weighted by molar-refractivity contribution is 0.414. The third-order valence-electron chi connectivity index (χ3n) is 3.10. The molecular formula is C12H10BrN7O. The highest BCUT2D eigenvalue weighted by Gasteiger charge is 2.29. The first-order chi connectivity index (χ1) is 10.3. The van der Waals surface area contributed by atoms with E-state index in [9.17, 15) is 0 Å². The highest BCUT2D eigenvalue weighted by molar-refractivity contribution is 9.10. The van der Waals surface area contributed by atoms with E-state index in [-0.39, 0.29) is 0 Å². The van der Waals surface area contributed by atoms with Gasteiger partial charge in [-0.05, 0) is 40.1 Å². The molecule has 0 aromatic carbocycles. The van der Waals surface area contributed by atoms with Crippen LogP contribution in [0.15, 0.2) is 27.3 Å². The Labute approximate surface area is 127 Å². The number of rotatable bonds is 4. The third-order valence-corrected chi connectivity index (χ3v) is 3.54. The Balaban J connectivity index is 1.53. The van der Waals surface area contributed by atoms with Crippen molar-refractivity contribution < 1.29 is 4.42 Å². The van der Waals surface area contributed by atoms with Gasteiger partial charge in [-0.3, -0.25) is 4.98 Å². The van der Waals surface area contributed by atoms with E-state index in [4.69, 9.17) is 4.42 Å². The van der Waals surface area contributed by atoms with Crippen LogP contribution in [-0.2, 0) is 6.54 Å².